The zero-order valence-corrected chi connectivity index (χ0v) is 5.07. The maximum absolute atomic E-state index is 10.1. The molecule has 1 rings (SSSR count). The van der Waals surface area contributed by atoms with Gasteiger partial charge in [-0.1, -0.05) is 12.1 Å². The Bertz CT molecular complexity index is 258. The second-order valence-corrected chi connectivity index (χ2v) is 1.81. The second kappa shape index (κ2) is 2.47. The number of nitrogens with zero attached hydrogens (tertiary/aromatic N) is 1. The zero-order chi connectivity index (χ0) is 7.56. The number of benzene rings is 1. The number of nitro benzene ring substituents is 1. The van der Waals surface area contributed by atoms with E-state index in [4.69, 9.17) is 6.92 Å². The van der Waals surface area contributed by atoms with Crippen molar-refractivity contribution in [2.24, 2.45) is 0 Å². The van der Waals surface area contributed by atoms with Gasteiger partial charge in [-0.3, -0.25) is 10.1 Å². The number of nitro groups is 1. The molecule has 1 aromatic rings. The van der Waals surface area contributed by atoms with E-state index in [9.17, 15) is 10.1 Å². The molecule has 0 atom stereocenters. The topological polar surface area (TPSA) is 43.1 Å². The molecule has 10 heavy (non-hydrogen) atoms. The molecule has 0 aliphatic rings. The molecule has 49 valence electrons. The fourth-order valence-corrected chi connectivity index (χ4v) is 0.619. The van der Waals surface area contributed by atoms with Gasteiger partial charge in [-0.25, -0.2) is 0 Å². The molecule has 0 aromatic heterocycles. The first-order chi connectivity index (χ1) is 4.70. The fraction of sp³-hybridized carbons (Fsp3) is 0. The van der Waals surface area contributed by atoms with Crippen molar-refractivity contribution in [3.63, 3.8) is 0 Å². The summed E-state index contributed by atoms with van der Waals surface area (Å²) in [6.07, 6.45) is 0. The average Bonchev–Trinajstić information content (AvgIpc) is 1.88. The van der Waals surface area contributed by atoms with Crippen LogP contribution < -0.4 is 0 Å². The molecule has 0 spiro atoms. The van der Waals surface area contributed by atoms with Crippen molar-refractivity contribution in [2.45, 2.75) is 0 Å². The van der Waals surface area contributed by atoms with Gasteiger partial charge in [-0.15, -0.1) is 0 Å². The Morgan fingerprint density at radius 3 is 2.60 bits per heavy atom. The molecule has 0 amide bonds. The molecule has 0 bridgehead atoms. The summed E-state index contributed by atoms with van der Waals surface area (Å²) in [5.41, 5.74) is 0.127. The van der Waals surface area contributed by atoms with E-state index in [0.717, 1.165) is 0 Å². The van der Waals surface area contributed by atoms with Gasteiger partial charge in [0.05, 0.1) is 4.92 Å². The van der Waals surface area contributed by atoms with Crippen molar-refractivity contribution in [2.75, 3.05) is 0 Å². The lowest BCUT2D eigenvalue weighted by molar-refractivity contribution is -0.384. The third-order valence-corrected chi connectivity index (χ3v) is 1.06. The molecular weight excluding hydrogens is 130 g/mol. The first-order valence-corrected chi connectivity index (χ1v) is 2.66. The van der Waals surface area contributed by atoms with Crippen LogP contribution in [-0.4, -0.2) is 4.92 Å². The fourth-order valence-electron chi connectivity index (χ4n) is 0.619. The van der Waals surface area contributed by atoms with E-state index in [1.807, 2.05) is 0 Å². The first kappa shape index (κ1) is 6.74. The molecule has 0 unspecified atom stereocenters. The van der Waals surface area contributed by atoms with Crippen LogP contribution in [0.2, 0.25) is 0 Å². The van der Waals surface area contributed by atoms with E-state index in [-0.39, 0.29) is 11.3 Å². The predicted molar refractivity (Wildman–Crippen MR) is 35.4 cm³/mol. The minimum atomic E-state index is -0.516. The smallest absolute Gasteiger partial charge is 0.258 e. The molecule has 0 heterocycles. The Morgan fingerprint density at radius 2 is 2.20 bits per heavy atom. The highest BCUT2D eigenvalue weighted by molar-refractivity contribution is 5.35. The van der Waals surface area contributed by atoms with Crippen molar-refractivity contribution < 1.29 is 4.92 Å². The highest BCUT2D eigenvalue weighted by atomic mass is 16.6. The van der Waals surface area contributed by atoms with Gasteiger partial charge in [-0.2, -0.15) is 0 Å². The summed E-state index contributed by atoms with van der Waals surface area (Å²) < 4.78 is 0. The Morgan fingerprint density at radius 1 is 1.50 bits per heavy atom. The van der Waals surface area contributed by atoms with Crippen LogP contribution >= 0.6 is 0 Å². The number of hydrogen-bond acceptors (Lipinski definition) is 2. The lowest BCUT2D eigenvalue weighted by Crippen LogP contribution is -1.86. The summed E-state index contributed by atoms with van der Waals surface area (Å²) in [5.74, 6) is 0. The molecule has 0 N–H and O–H groups in total. The van der Waals surface area contributed by atoms with Crippen molar-refractivity contribution in [3.05, 3.63) is 46.9 Å². The molecule has 0 saturated carbocycles. The Kier molecular flexibility index (Phi) is 1.67. The van der Waals surface area contributed by atoms with Crippen LogP contribution in [0.3, 0.4) is 0 Å². The van der Waals surface area contributed by atoms with Crippen molar-refractivity contribution in [3.8, 4) is 0 Å². The largest absolute Gasteiger partial charge is 0.269 e. The van der Waals surface area contributed by atoms with Crippen molar-refractivity contribution >= 4 is 5.69 Å². The van der Waals surface area contributed by atoms with Gasteiger partial charge in [0, 0.05) is 19.1 Å². The summed E-state index contributed by atoms with van der Waals surface area (Å²) in [6, 6.07) is 5.55. The van der Waals surface area contributed by atoms with Crippen LogP contribution in [0.1, 0.15) is 5.56 Å². The van der Waals surface area contributed by atoms with Crippen LogP contribution in [-0.2, 0) is 0 Å². The molecular formula is C7H4NO2. The van der Waals surface area contributed by atoms with E-state index in [0.29, 0.717) is 0 Å². The van der Waals surface area contributed by atoms with Crippen LogP contribution in [0.15, 0.2) is 24.3 Å². The minimum Gasteiger partial charge on any atom is -0.258 e. The molecule has 3 heteroatoms. The van der Waals surface area contributed by atoms with Gasteiger partial charge in [-0.05, 0) is 5.56 Å². The predicted octanol–water partition coefficient (Wildman–Crippen LogP) is 1.53. The van der Waals surface area contributed by atoms with E-state index < -0.39 is 4.92 Å². The Hall–Kier alpha value is -1.38. The van der Waals surface area contributed by atoms with Gasteiger partial charge in [0.25, 0.3) is 5.69 Å². The third kappa shape index (κ3) is 1.31. The van der Waals surface area contributed by atoms with Gasteiger partial charge < -0.3 is 0 Å². The van der Waals surface area contributed by atoms with Gasteiger partial charge in [0.15, 0.2) is 0 Å². The van der Waals surface area contributed by atoms with Crippen molar-refractivity contribution in [1.29, 1.82) is 0 Å². The third-order valence-electron chi connectivity index (χ3n) is 1.06. The normalized spacial score (nSPS) is 9.30. The maximum Gasteiger partial charge on any atom is 0.269 e. The molecule has 0 saturated heterocycles. The molecule has 3 nitrogen and oxygen atoms in total. The molecule has 0 fully saturated rings. The highest BCUT2D eigenvalue weighted by Crippen LogP contribution is 2.11. The SMILES string of the molecule is [C]c1cccc([N+](=O)[O-])c1. The van der Waals surface area contributed by atoms with Crippen LogP contribution in [0, 0.1) is 17.0 Å². The maximum atomic E-state index is 10.1. The van der Waals surface area contributed by atoms with E-state index in [1.165, 1.54) is 24.3 Å². The monoisotopic (exact) mass is 134 g/mol. The summed E-state index contributed by atoms with van der Waals surface area (Å²) in [5, 5.41) is 10.1. The lowest BCUT2D eigenvalue weighted by Gasteiger charge is -1.90. The van der Waals surface area contributed by atoms with E-state index in [1.54, 1.807) is 0 Å². The summed E-state index contributed by atoms with van der Waals surface area (Å²) in [4.78, 5) is 9.56. The molecule has 0 aliphatic heterocycles. The van der Waals surface area contributed by atoms with Crippen LogP contribution in [0.5, 0.6) is 0 Å². The van der Waals surface area contributed by atoms with Crippen LogP contribution in [0.4, 0.5) is 5.69 Å². The quantitative estimate of drug-likeness (QED) is 0.431. The Labute approximate surface area is 58.4 Å². The number of hydrogen-bond donors (Lipinski definition) is 0. The lowest BCUT2D eigenvalue weighted by atomic mass is 10.2. The summed E-state index contributed by atoms with van der Waals surface area (Å²) >= 11 is 0. The average molecular weight is 134 g/mol. The van der Waals surface area contributed by atoms with E-state index >= 15 is 0 Å². The van der Waals surface area contributed by atoms with Crippen molar-refractivity contribution in [1.82, 2.24) is 0 Å². The molecule has 0 aliphatic carbocycles. The Balaban J connectivity index is 3.07. The molecule has 3 radical (unpaired) electrons. The van der Waals surface area contributed by atoms with Gasteiger partial charge in [0.1, 0.15) is 0 Å². The number of non-ortho nitro benzene ring substituents is 1. The second-order valence-electron chi connectivity index (χ2n) is 1.81. The van der Waals surface area contributed by atoms with Gasteiger partial charge >= 0.3 is 0 Å². The number of rotatable bonds is 1. The standard InChI is InChI=1S/C7H4NO2/c1-6-3-2-4-7(5-6)8(9)10/h2-5H. The summed E-state index contributed by atoms with van der Waals surface area (Å²) in [6.45, 7) is 7.02. The first-order valence-electron chi connectivity index (χ1n) is 2.66. The highest BCUT2D eigenvalue weighted by Gasteiger charge is 2.01. The zero-order valence-electron chi connectivity index (χ0n) is 5.07. The van der Waals surface area contributed by atoms with Crippen LogP contribution in [0.25, 0.3) is 0 Å². The minimum absolute atomic E-state index is 0.0347. The molecule has 1 aromatic carbocycles. The van der Waals surface area contributed by atoms with E-state index in [2.05, 4.69) is 0 Å². The summed E-state index contributed by atoms with van der Waals surface area (Å²) in [7, 11) is 0. The van der Waals surface area contributed by atoms with Gasteiger partial charge in [0.2, 0.25) is 0 Å².